The lowest BCUT2D eigenvalue weighted by atomic mass is 10.0. The normalized spacial score (nSPS) is 11.6. The van der Waals surface area contributed by atoms with E-state index in [4.69, 9.17) is 0 Å². The smallest absolute Gasteiger partial charge is 0.148 e. The van der Waals surface area contributed by atoms with Gasteiger partial charge in [-0.2, -0.15) is 0 Å². The van der Waals surface area contributed by atoms with E-state index in [-0.39, 0.29) is 5.54 Å². The van der Waals surface area contributed by atoms with Gasteiger partial charge in [-0.05, 0) is 46.0 Å². The van der Waals surface area contributed by atoms with Gasteiger partial charge in [0.15, 0.2) is 0 Å². The molecule has 0 unspecified atom stereocenters. The molecule has 1 N–H and O–H groups in total. The summed E-state index contributed by atoms with van der Waals surface area (Å²) in [7, 11) is 1.91. The van der Waals surface area contributed by atoms with Crippen molar-refractivity contribution < 1.29 is 0 Å². The second-order valence-corrected chi connectivity index (χ2v) is 4.83. The maximum atomic E-state index is 4.64. The van der Waals surface area contributed by atoms with E-state index in [0.717, 1.165) is 22.8 Å². The summed E-state index contributed by atoms with van der Waals surface area (Å²) in [5.41, 5.74) is 2.72. The molecule has 18 heavy (non-hydrogen) atoms. The van der Waals surface area contributed by atoms with Gasteiger partial charge in [-0.15, -0.1) is 0 Å². The summed E-state index contributed by atoms with van der Waals surface area (Å²) in [4.78, 5) is 13.2. The monoisotopic (exact) mass is 242 g/mol. The van der Waals surface area contributed by atoms with Gasteiger partial charge in [-0.25, -0.2) is 9.97 Å². The fourth-order valence-electron chi connectivity index (χ4n) is 1.63. The van der Waals surface area contributed by atoms with Gasteiger partial charge < -0.3 is 5.32 Å². The Morgan fingerprint density at radius 1 is 1.11 bits per heavy atom. The highest BCUT2D eigenvalue weighted by Gasteiger charge is 2.22. The van der Waals surface area contributed by atoms with Gasteiger partial charge in [0.25, 0.3) is 0 Å². The van der Waals surface area contributed by atoms with E-state index in [1.165, 1.54) is 0 Å². The molecular formula is C14H18N4. The van der Waals surface area contributed by atoms with Gasteiger partial charge in [0, 0.05) is 23.7 Å². The van der Waals surface area contributed by atoms with Crippen LogP contribution in [-0.2, 0) is 5.54 Å². The lowest BCUT2D eigenvalue weighted by molar-refractivity contribution is 0.416. The van der Waals surface area contributed by atoms with Gasteiger partial charge in [0.1, 0.15) is 5.82 Å². The highest BCUT2D eigenvalue weighted by molar-refractivity contribution is 5.58. The molecule has 0 aliphatic heterocycles. The van der Waals surface area contributed by atoms with Crippen LogP contribution in [0.4, 0.5) is 0 Å². The molecule has 94 valence electrons. The van der Waals surface area contributed by atoms with Crippen molar-refractivity contribution in [3.05, 3.63) is 42.1 Å². The van der Waals surface area contributed by atoms with Crippen LogP contribution in [0.3, 0.4) is 0 Å². The largest absolute Gasteiger partial charge is 0.308 e. The summed E-state index contributed by atoms with van der Waals surface area (Å²) in [5.74, 6) is 0.803. The first-order valence-electron chi connectivity index (χ1n) is 5.98. The molecule has 0 radical (unpaired) electrons. The lowest BCUT2D eigenvalue weighted by Gasteiger charge is -2.23. The molecular weight excluding hydrogens is 224 g/mol. The SMILES string of the molecule is CNC(C)(C)c1nc(C)cc(-c2ccncc2)n1. The zero-order valence-electron chi connectivity index (χ0n) is 11.2. The fourth-order valence-corrected chi connectivity index (χ4v) is 1.63. The van der Waals surface area contributed by atoms with Crippen molar-refractivity contribution in [2.75, 3.05) is 7.05 Å². The number of aromatic nitrogens is 3. The van der Waals surface area contributed by atoms with E-state index in [2.05, 4.69) is 34.1 Å². The molecule has 0 aliphatic rings. The minimum absolute atomic E-state index is 0.242. The average molecular weight is 242 g/mol. The summed E-state index contributed by atoms with van der Waals surface area (Å²) in [6.45, 7) is 6.12. The first kappa shape index (κ1) is 12.6. The van der Waals surface area contributed by atoms with Crippen LogP contribution in [-0.4, -0.2) is 22.0 Å². The summed E-state index contributed by atoms with van der Waals surface area (Å²) in [6.07, 6.45) is 3.55. The van der Waals surface area contributed by atoms with Crippen LogP contribution in [0.2, 0.25) is 0 Å². The van der Waals surface area contributed by atoms with E-state index in [0.29, 0.717) is 0 Å². The molecule has 0 atom stereocenters. The summed E-state index contributed by atoms with van der Waals surface area (Å²) in [5, 5.41) is 3.23. The average Bonchev–Trinajstić information content (AvgIpc) is 2.39. The van der Waals surface area contributed by atoms with Crippen molar-refractivity contribution in [2.24, 2.45) is 0 Å². The van der Waals surface area contributed by atoms with Crippen LogP contribution in [0.5, 0.6) is 0 Å². The van der Waals surface area contributed by atoms with Crippen molar-refractivity contribution in [1.29, 1.82) is 0 Å². The molecule has 0 saturated heterocycles. The standard InChI is InChI=1S/C14H18N4/c1-10-9-12(11-5-7-16-8-6-11)18-13(17-10)14(2,3)15-4/h5-9,15H,1-4H3. The van der Waals surface area contributed by atoms with Gasteiger partial charge >= 0.3 is 0 Å². The number of nitrogens with one attached hydrogen (secondary N) is 1. The Morgan fingerprint density at radius 2 is 1.78 bits per heavy atom. The van der Waals surface area contributed by atoms with Crippen molar-refractivity contribution >= 4 is 0 Å². The third-order valence-corrected chi connectivity index (χ3v) is 3.01. The first-order chi connectivity index (χ1) is 8.53. The van der Waals surface area contributed by atoms with E-state index >= 15 is 0 Å². The number of hydrogen-bond donors (Lipinski definition) is 1. The Hall–Kier alpha value is -1.81. The predicted molar refractivity (Wildman–Crippen MR) is 72.1 cm³/mol. The molecule has 0 fully saturated rings. The minimum atomic E-state index is -0.242. The maximum absolute atomic E-state index is 4.64. The second-order valence-electron chi connectivity index (χ2n) is 4.83. The third kappa shape index (κ3) is 2.54. The van der Waals surface area contributed by atoms with Crippen LogP contribution in [0.15, 0.2) is 30.6 Å². The topological polar surface area (TPSA) is 50.7 Å². The zero-order valence-corrected chi connectivity index (χ0v) is 11.2. The molecule has 0 saturated carbocycles. The van der Waals surface area contributed by atoms with E-state index in [1.807, 2.05) is 32.2 Å². The van der Waals surface area contributed by atoms with Crippen molar-refractivity contribution in [3.8, 4) is 11.3 Å². The van der Waals surface area contributed by atoms with Gasteiger partial charge in [0.2, 0.25) is 0 Å². The second kappa shape index (κ2) is 4.82. The van der Waals surface area contributed by atoms with Crippen molar-refractivity contribution in [1.82, 2.24) is 20.3 Å². The molecule has 4 heteroatoms. The quantitative estimate of drug-likeness (QED) is 0.897. The van der Waals surface area contributed by atoms with Crippen LogP contribution >= 0.6 is 0 Å². The molecule has 0 bridgehead atoms. The highest BCUT2D eigenvalue weighted by atomic mass is 15.0. The molecule has 2 aromatic rings. The molecule has 2 aromatic heterocycles. The number of nitrogens with zero attached hydrogens (tertiary/aromatic N) is 3. The van der Waals surface area contributed by atoms with Gasteiger partial charge in [-0.3, -0.25) is 4.98 Å². The molecule has 4 nitrogen and oxygen atoms in total. The molecule has 0 amide bonds. The molecule has 2 heterocycles. The number of aryl methyl sites for hydroxylation is 1. The summed E-state index contributed by atoms with van der Waals surface area (Å²) < 4.78 is 0. The fraction of sp³-hybridized carbons (Fsp3) is 0.357. The minimum Gasteiger partial charge on any atom is -0.308 e. The molecule has 0 aliphatic carbocycles. The molecule has 2 rings (SSSR count). The Bertz CT molecular complexity index is 535. The van der Waals surface area contributed by atoms with Gasteiger partial charge in [-0.1, -0.05) is 0 Å². The van der Waals surface area contributed by atoms with E-state index in [9.17, 15) is 0 Å². The Labute approximate surface area is 108 Å². The van der Waals surface area contributed by atoms with E-state index < -0.39 is 0 Å². The van der Waals surface area contributed by atoms with Crippen LogP contribution in [0, 0.1) is 6.92 Å². The van der Waals surface area contributed by atoms with Crippen molar-refractivity contribution in [3.63, 3.8) is 0 Å². The Morgan fingerprint density at radius 3 is 2.39 bits per heavy atom. The first-order valence-corrected chi connectivity index (χ1v) is 5.98. The molecule has 0 spiro atoms. The summed E-state index contributed by atoms with van der Waals surface area (Å²) in [6, 6.07) is 5.90. The lowest BCUT2D eigenvalue weighted by Crippen LogP contribution is -2.35. The summed E-state index contributed by atoms with van der Waals surface area (Å²) >= 11 is 0. The zero-order chi connectivity index (χ0) is 13.2. The van der Waals surface area contributed by atoms with Crippen molar-refractivity contribution in [2.45, 2.75) is 26.3 Å². The Balaban J connectivity index is 2.52. The van der Waals surface area contributed by atoms with Gasteiger partial charge in [0.05, 0.1) is 11.2 Å². The van der Waals surface area contributed by atoms with Crippen LogP contribution in [0.25, 0.3) is 11.3 Å². The maximum Gasteiger partial charge on any atom is 0.148 e. The van der Waals surface area contributed by atoms with Crippen LogP contribution < -0.4 is 5.32 Å². The Kier molecular flexibility index (Phi) is 3.39. The number of rotatable bonds is 3. The highest BCUT2D eigenvalue weighted by Crippen LogP contribution is 2.21. The third-order valence-electron chi connectivity index (χ3n) is 3.01. The van der Waals surface area contributed by atoms with Crippen LogP contribution in [0.1, 0.15) is 25.4 Å². The predicted octanol–water partition coefficient (Wildman–Crippen LogP) is 2.30. The number of hydrogen-bond acceptors (Lipinski definition) is 4. The molecule has 0 aromatic carbocycles. The number of pyridine rings is 1. The van der Waals surface area contributed by atoms with E-state index in [1.54, 1.807) is 12.4 Å².